The fraction of sp³-hybridized carbons (Fsp3) is 0.469. The molecule has 2 amide bonds. The maximum absolute atomic E-state index is 13.3. The maximum atomic E-state index is 13.3. The molecule has 5 rings (SSSR count). The van der Waals surface area contributed by atoms with Crippen LogP contribution in [0.4, 0.5) is 14.7 Å². The lowest BCUT2D eigenvalue weighted by Gasteiger charge is -2.45. The molecule has 0 spiro atoms. The number of aromatic nitrogens is 2. The van der Waals surface area contributed by atoms with E-state index >= 15 is 0 Å². The largest absolute Gasteiger partial charge is 0.390 e. The van der Waals surface area contributed by atoms with E-state index in [9.17, 15) is 28.7 Å². The Labute approximate surface area is 259 Å². The maximum Gasteiger partial charge on any atom is 0.272 e. The minimum absolute atomic E-state index is 0.0455. The topological polar surface area (TPSA) is 114 Å². The van der Waals surface area contributed by atoms with E-state index in [1.165, 1.54) is 12.1 Å². The highest BCUT2D eigenvalue weighted by Crippen LogP contribution is 2.31. The molecule has 0 aliphatic carbocycles. The first kappa shape index (κ1) is 31.5. The number of aliphatic hydroxyl groups is 1. The van der Waals surface area contributed by atoms with Crippen molar-refractivity contribution in [3.63, 3.8) is 0 Å². The van der Waals surface area contributed by atoms with Gasteiger partial charge in [0.25, 0.3) is 18.2 Å². The highest BCUT2D eigenvalue weighted by atomic mass is 32.1. The molecule has 0 radical (unpaired) electrons. The lowest BCUT2D eigenvalue weighted by molar-refractivity contribution is -0.127. The first-order valence-corrected chi connectivity index (χ1v) is 15.4. The quantitative estimate of drug-likeness (QED) is 0.185. The van der Waals surface area contributed by atoms with E-state index in [1.54, 1.807) is 18.7 Å². The first-order chi connectivity index (χ1) is 20.8. The van der Waals surface area contributed by atoms with Crippen LogP contribution in [0, 0.1) is 17.2 Å². The summed E-state index contributed by atoms with van der Waals surface area (Å²) >= 11 is 0.731. The smallest absolute Gasteiger partial charge is 0.272 e. The fourth-order valence-electron chi connectivity index (χ4n) is 5.74. The van der Waals surface area contributed by atoms with Crippen molar-refractivity contribution < 1.29 is 23.5 Å². The Bertz CT molecular complexity index is 1680. The van der Waals surface area contributed by atoms with Gasteiger partial charge >= 0.3 is 0 Å². The van der Waals surface area contributed by atoms with E-state index in [2.05, 4.69) is 15.9 Å². The van der Waals surface area contributed by atoms with Crippen molar-refractivity contribution in [3.05, 3.63) is 62.5 Å². The van der Waals surface area contributed by atoms with Crippen LogP contribution in [-0.4, -0.2) is 67.5 Å². The number of carbonyl (C=O) groups excluding carboxylic acids is 2. The second-order valence-corrected chi connectivity index (χ2v) is 13.4. The molecule has 2 saturated heterocycles. The average Bonchev–Trinajstić information content (AvgIpc) is 3.67. The summed E-state index contributed by atoms with van der Waals surface area (Å²) in [5.41, 5.74) is 5.24. The number of nitriles is 1. The monoisotopic (exact) mass is 622 g/mol. The van der Waals surface area contributed by atoms with Crippen molar-refractivity contribution in [2.75, 3.05) is 25.0 Å². The van der Waals surface area contributed by atoms with Crippen LogP contribution in [0.2, 0.25) is 0 Å². The van der Waals surface area contributed by atoms with Gasteiger partial charge in [-0.05, 0) is 75.9 Å². The van der Waals surface area contributed by atoms with E-state index in [4.69, 9.17) is 4.98 Å². The van der Waals surface area contributed by atoms with Crippen LogP contribution in [0.5, 0.6) is 0 Å². The summed E-state index contributed by atoms with van der Waals surface area (Å²) < 4.78 is 28.2. The van der Waals surface area contributed by atoms with Gasteiger partial charge < -0.3 is 14.6 Å². The Morgan fingerprint density at radius 2 is 1.98 bits per heavy atom. The van der Waals surface area contributed by atoms with Gasteiger partial charge in [0.15, 0.2) is 5.57 Å². The van der Waals surface area contributed by atoms with Crippen molar-refractivity contribution in [2.45, 2.75) is 71.7 Å². The van der Waals surface area contributed by atoms with Crippen LogP contribution in [0.3, 0.4) is 0 Å². The highest BCUT2D eigenvalue weighted by molar-refractivity contribution is 7.14. The summed E-state index contributed by atoms with van der Waals surface area (Å²) in [6, 6.07) is 10.2. The molecule has 12 heteroatoms. The van der Waals surface area contributed by atoms with Gasteiger partial charge in [-0.1, -0.05) is 11.8 Å². The summed E-state index contributed by atoms with van der Waals surface area (Å²) in [6.07, 6.45) is -1.21. The van der Waals surface area contributed by atoms with E-state index in [-0.39, 0.29) is 39.1 Å². The normalized spacial score (nSPS) is 17.4. The molecule has 44 heavy (non-hydrogen) atoms. The summed E-state index contributed by atoms with van der Waals surface area (Å²) in [5, 5.41) is 22.7. The molecule has 2 aliphatic rings. The van der Waals surface area contributed by atoms with Crippen LogP contribution >= 0.6 is 11.3 Å². The van der Waals surface area contributed by atoms with Gasteiger partial charge in [0.2, 0.25) is 5.95 Å². The average molecular weight is 623 g/mol. The summed E-state index contributed by atoms with van der Waals surface area (Å²) in [4.78, 5) is 35.1. The number of rotatable bonds is 9. The number of nitrogens with one attached hydrogen (secondary N) is 1. The lowest BCUT2D eigenvalue weighted by atomic mass is 9.84. The Morgan fingerprint density at radius 3 is 2.61 bits per heavy atom. The SMILES string of the molecule is CC(C)=C=C(C#N)C(=O)N1CCC[C@@H]1Cn1c(NC(=O)c2ccc(C(F)F)s2)nc2cc(CN3CC(C(C)(C)O)C3)ccc21. The van der Waals surface area contributed by atoms with Gasteiger partial charge in [0, 0.05) is 38.6 Å². The molecule has 1 atom stereocenters. The number of hydrogen-bond acceptors (Lipinski definition) is 7. The van der Waals surface area contributed by atoms with E-state index in [0.29, 0.717) is 31.6 Å². The van der Waals surface area contributed by atoms with E-state index in [0.717, 1.165) is 47.5 Å². The number of thiophene rings is 1. The Kier molecular flexibility index (Phi) is 9.05. The predicted molar refractivity (Wildman–Crippen MR) is 164 cm³/mol. The number of fused-ring (bicyclic) bond motifs is 1. The molecule has 2 fully saturated rings. The Balaban J connectivity index is 1.44. The van der Waals surface area contributed by atoms with E-state index < -0.39 is 17.9 Å². The number of nitrogens with zero attached hydrogens (tertiary/aromatic N) is 5. The highest BCUT2D eigenvalue weighted by Gasteiger charge is 2.37. The fourth-order valence-corrected chi connectivity index (χ4v) is 6.50. The van der Waals surface area contributed by atoms with Crippen LogP contribution in [-0.2, 0) is 17.9 Å². The van der Waals surface area contributed by atoms with Crippen LogP contribution < -0.4 is 5.32 Å². The van der Waals surface area contributed by atoms with Crippen molar-refractivity contribution >= 4 is 40.1 Å². The third kappa shape index (κ3) is 6.76. The zero-order valence-electron chi connectivity index (χ0n) is 25.2. The third-order valence-electron chi connectivity index (χ3n) is 8.20. The molecule has 0 saturated carbocycles. The predicted octanol–water partition coefficient (Wildman–Crippen LogP) is 5.50. The Morgan fingerprint density at radius 1 is 1.23 bits per heavy atom. The number of benzene rings is 1. The molecule has 2 aliphatic heterocycles. The van der Waals surface area contributed by atoms with Gasteiger partial charge in [-0.3, -0.25) is 19.8 Å². The molecule has 1 aromatic carbocycles. The first-order valence-electron chi connectivity index (χ1n) is 14.6. The molecule has 2 N–H and O–H groups in total. The standard InChI is InChI=1S/C32H36F2N6O3S/c1-19(2)12-21(14-35)30(42)39-11-5-6-23(39)18-40-25-8-7-20(15-38-16-22(17-38)32(3,4)43)13-24(25)36-31(40)37-29(41)27-10-9-26(44-27)28(33)34/h7-10,13,22-23,28,43H,5-6,11,15-18H2,1-4H3,(H,36,37,41)/t23-/m1/s1. The van der Waals surface area contributed by atoms with Crippen molar-refractivity contribution in [3.8, 4) is 6.07 Å². The molecule has 9 nitrogen and oxygen atoms in total. The van der Waals surface area contributed by atoms with Crippen LogP contribution in [0.1, 0.15) is 67.1 Å². The number of likely N-dealkylation sites (tertiary alicyclic amines) is 2. The lowest BCUT2D eigenvalue weighted by Crippen LogP contribution is -2.55. The summed E-state index contributed by atoms with van der Waals surface area (Å²) in [7, 11) is 0. The van der Waals surface area contributed by atoms with Crippen molar-refractivity contribution in [1.82, 2.24) is 19.4 Å². The Hall–Kier alpha value is -3.88. The molecule has 2 aromatic heterocycles. The molecule has 232 valence electrons. The zero-order valence-corrected chi connectivity index (χ0v) is 26.0. The second kappa shape index (κ2) is 12.6. The van der Waals surface area contributed by atoms with Gasteiger partial charge in [-0.15, -0.1) is 11.3 Å². The number of halogens is 2. The van der Waals surface area contributed by atoms with Crippen LogP contribution in [0.25, 0.3) is 11.0 Å². The van der Waals surface area contributed by atoms with Crippen molar-refractivity contribution in [1.29, 1.82) is 5.26 Å². The van der Waals surface area contributed by atoms with Gasteiger partial charge in [0.05, 0.1) is 32.4 Å². The minimum Gasteiger partial charge on any atom is -0.390 e. The second-order valence-electron chi connectivity index (χ2n) is 12.3. The number of anilines is 1. The number of imidazole rings is 1. The number of carbonyl (C=O) groups is 2. The minimum atomic E-state index is -2.67. The molecule has 3 aromatic rings. The number of amides is 2. The molecular formula is C32H36F2N6O3S. The molecular weight excluding hydrogens is 586 g/mol. The van der Waals surface area contributed by atoms with E-state index in [1.807, 2.05) is 42.7 Å². The van der Waals surface area contributed by atoms with Gasteiger partial charge in [0.1, 0.15) is 6.07 Å². The number of alkyl halides is 2. The molecule has 0 bridgehead atoms. The van der Waals surface area contributed by atoms with Gasteiger partial charge in [-0.25, -0.2) is 13.8 Å². The van der Waals surface area contributed by atoms with Crippen LogP contribution in [0.15, 0.2) is 47.2 Å². The summed E-state index contributed by atoms with van der Waals surface area (Å²) in [5.74, 6) is -0.472. The van der Waals surface area contributed by atoms with Gasteiger partial charge in [-0.2, -0.15) is 5.26 Å². The summed E-state index contributed by atoms with van der Waals surface area (Å²) in [6.45, 7) is 10.3. The number of hydrogen-bond donors (Lipinski definition) is 2. The zero-order chi connectivity index (χ0) is 31.8. The third-order valence-corrected chi connectivity index (χ3v) is 9.29. The molecule has 4 heterocycles. The van der Waals surface area contributed by atoms with Crippen molar-refractivity contribution in [2.24, 2.45) is 5.92 Å². The molecule has 0 unspecified atom stereocenters.